The van der Waals surface area contributed by atoms with Gasteiger partial charge in [0, 0.05) is 31.5 Å². The van der Waals surface area contributed by atoms with Crippen molar-refractivity contribution in [2.75, 3.05) is 26.2 Å². The van der Waals surface area contributed by atoms with E-state index < -0.39 is 0 Å². The second-order valence-corrected chi connectivity index (χ2v) is 4.46. The normalized spacial score (nSPS) is 24.0. The molecule has 92 valence electrons. The molecule has 1 aromatic carbocycles. The van der Waals surface area contributed by atoms with Crippen LogP contribution in [0.2, 0.25) is 0 Å². The SMILES string of the molecule is NCC(=O)N1CC(CO)C(c2ccccc2)C1. The summed E-state index contributed by atoms with van der Waals surface area (Å²) in [6, 6.07) is 10.0. The van der Waals surface area contributed by atoms with Crippen molar-refractivity contribution >= 4 is 5.91 Å². The number of amides is 1. The third-order valence-electron chi connectivity index (χ3n) is 3.43. The third-order valence-corrected chi connectivity index (χ3v) is 3.43. The summed E-state index contributed by atoms with van der Waals surface area (Å²) in [5.41, 5.74) is 6.55. The molecule has 4 heteroatoms. The van der Waals surface area contributed by atoms with E-state index in [4.69, 9.17) is 5.73 Å². The van der Waals surface area contributed by atoms with Gasteiger partial charge < -0.3 is 15.7 Å². The Bertz CT molecular complexity index is 380. The fourth-order valence-corrected chi connectivity index (χ4v) is 2.47. The van der Waals surface area contributed by atoms with Gasteiger partial charge in [-0.25, -0.2) is 0 Å². The summed E-state index contributed by atoms with van der Waals surface area (Å²) < 4.78 is 0. The van der Waals surface area contributed by atoms with Crippen molar-refractivity contribution < 1.29 is 9.90 Å². The summed E-state index contributed by atoms with van der Waals surface area (Å²) >= 11 is 0. The molecule has 0 aromatic heterocycles. The topological polar surface area (TPSA) is 66.6 Å². The highest BCUT2D eigenvalue weighted by Gasteiger charge is 2.34. The Morgan fingerprint density at radius 2 is 2.06 bits per heavy atom. The van der Waals surface area contributed by atoms with Crippen LogP contribution in [0.15, 0.2) is 30.3 Å². The van der Waals surface area contributed by atoms with Crippen LogP contribution in [0.3, 0.4) is 0 Å². The van der Waals surface area contributed by atoms with Gasteiger partial charge in [0.05, 0.1) is 6.54 Å². The van der Waals surface area contributed by atoms with Gasteiger partial charge in [-0.1, -0.05) is 30.3 Å². The van der Waals surface area contributed by atoms with Crippen molar-refractivity contribution in [2.45, 2.75) is 5.92 Å². The van der Waals surface area contributed by atoms with Crippen molar-refractivity contribution in [1.29, 1.82) is 0 Å². The van der Waals surface area contributed by atoms with Crippen LogP contribution in [0.4, 0.5) is 0 Å². The van der Waals surface area contributed by atoms with E-state index in [-0.39, 0.29) is 30.9 Å². The second-order valence-electron chi connectivity index (χ2n) is 4.46. The molecule has 1 amide bonds. The average Bonchev–Trinajstić information content (AvgIpc) is 2.83. The summed E-state index contributed by atoms with van der Waals surface area (Å²) in [4.78, 5) is 13.3. The monoisotopic (exact) mass is 234 g/mol. The minimum atomic E-state index is -0.0399. The summed E-state index contributed by atoms with van der Waals surface area (Å²) in [7, 11) is 0. The molecule has 4 nitrogen and oxygen atoms in total. The molecule has 1 aliphatic rings. The lowest BCUT2D eigenvalue weighted by Crippen LogP contribution is -2.34. The molecule has 0 bridgehead atoms. The average molecular weight is 234 g/mol. The quantitative estimate of drug-likeness (QED) is 0.784. The number of benzene rings is 1. The van der Waals surface area contributed by atoms with Gasteiger partial charge in [0.25, 0.3) is 0 Å². The summed E-state index contributed by atoms with van der Waals surface area (Å²) in [6.07, 6.45) is 0. The number of aliphatic hydroxyl groups is 1. The van der Waals surface area contributed by atoms with Crippen LogP contribution in [0, 0.1) is 5.92 Å². The van der Waals surface area contributed by atoms with Gasteiger partial charge in [0.2, 0.25) is 5.91 Å². The minimum absolute atomic E-state index is 0.0399. The highest BCUT2D eigenvalue weighted by molar-refractivity contribution is 5.78. The number of aliphatic hydroxyl groups excluding tert-OH is 1. The maximum atomic E-state index is 11.6. The van der Waals surface area contributed by atoms with Gasteiger partial charge in [0.1, 0.15) is 0 Å². The number of nitrogens with zero attached hydrogens (tertiary/aromatic N) is 1. The van der Waals surface area contributed by atoms with Crippen molar-refractivity contribution in [1.82, 2.24) is 4.90 Å². The molecule has 1 aromatic rings. The van der Waals surface area contributed by atoms with E-state index in [0.717, 1.165) is 0 Å². The Morgan fingerprint density at radius 3 is 2.65 bits per heavy atom. The minimum Gasteiger partial charge on any atom is -0.396 e. The molecule has 1 fully saturated rings. The first kappa shape index (κ1) is 12.1. The van der Waals surface area contributed by atoms with E-state index in [0.29, 0.717) is 13.1 Å². The molecule has 0 radical (unpaired) electrons. The molecule has 1 heterocycles. The van der Waals surface area contributed by atoms with Crippen LogP contribution in [-0.4, -0.2) is 42.2 Å². The van der Waals surface area contributed by atoms with E-state index in [1.54, 1.807) is 4.90 Å². The van der Waals surface area contributed by atoms with Gasteiger partial charge in [-0.2, -0.15) is 0 Å². The number of likely N-dealkylation sites (tertiary alicyclic amines) is 1. The van der Waals surface area contributed by atoms with Crippen molar-refractivity contribution in [3.8, 4) is 0 Å². The predicted molar refractivity (Wildman–Crippen MR) is 65.4 cm³/mol. The lowest BCUT2D eigenvalue weighted by Gasteiger charge is -2.16. The first-order valence-electron chi connectivity index (χ1n) is 5.90. The van der Waals surface area contributed by atoms with Crippen molar-refractivity contribution in [2.24, 2.45) is 11.7 Å². The van der Waals surface area contributed by atoms with Crippen LogP contribution < -0.4 is 5.73 Å². The molecule has 1 saturated heterocycles. The molecule has 3 N–H and O–H groups in total. The van der Waals surface area contributed by atoms with E-state index in [9.17, 15) is 9.90 Å². The number of carbonyl (C=O) groups is 1. The molecule has 2 atom stereocenters. The van der Waals surface area contributed by atoms with Gasteiger partial charge >= 0.3 is 0 Å². The zero-order valence-electron chi connectivity index (χ0n) is 9.75. The molecule has 2 unspecified atom stereocenters. The fourth-order valence-electron chi connectivity index (χ4n) is 2.47. The number of hydrogen-bond donors (Lipinski definition) is 2. The van der Waals surface area contributed by atoms with E-state index >= 15 is 0 Å². The number of carbonyl (C=O) groups excluding carboxylic acids is 1. The molecule has 17 heavy (non-hydrogen) atoms. The Balaban J connectivity index is 2.15. The van der Waals surface area contributed by atoms with Crippen LogP contribution >= 0.6 is 0 Å². The number of hydrogen-bond acceptors (Lipinski definition) is 3. The molecule has 1 aliphatic heterocycles. The maximum absolute atomic E-state index is 11.6. The van der Waals surface area contributed by atoms with Gasteiger partial charge in [-0.05, 0) is 5.56 Å². The molecule has 0 aliphatic carbocycles. The summed E-state index contributed by atoms with van der Waals surface area (Å²) in [6.45, 7) is 1.41. The Kier molecular flexibility index (Phi) is 3.76. The first-order valence-corrected chi connectivity index (χ1v) is 5.90. The Hall–Kier alpha value is -1.39. The van der Waals surface area contributed by atoms with Crippen molar-refractivity contribution in [3.05, 3.63) is 35.9 Å². The lowest BCUT2D eigenvalue weighted by molar-refractivity contribution is -0.128. The van der Waals surface area contributed by atoms with Crippen LogP contribution in [0.5, 0.6) is 0 Å². The van der Waals surface area contributed by atoms with E-state index in [1.807, 2.05) is 30.3 Å². The largest absolute Gasteiger partial charge is 0.396 e. The summed E-state index contributed by atoms with van der Waals surface area (Å²) in [5.74, 6) is 0.298. The smallest absolute Gasteiger partial charge is 0.236 e. The molecule has 2 rings (SSSR count). The third kappa shape index (κ3) is 2.48. The zero-order valence-corrected chi connectivity index (χ0v) is 9.75. The van der Waals surface area contributed by atoms with E-state index in [1.165, 1.54) is 5.56 Å². The fraction of sp³-hybridized carbons (Fsp3) is 0.462. The standard InChI is InChI=1S/C13H18N2O2/c14-6-13(17)15-7-11(9-16)12(8-15)10-4-2-1-3-5-10/h1-5,11-12,16H,6-9,14H2. The summed E-state index contributed by atoms with van der Waals surface area (Å²) in [5, 5.41) is 9.40. The van der Waals surface area contributed by atoms with Crippen LogP contribution in [0.1, 0.15) is 11.5 Å². The second kappa shape index (κ2) is 5.29. The van der Waals surface area contributed by atoms with Crippen molar-refractivity contribution in [3.63, 3.8) is 0 Å². The first-order chi connectivity index (χ1) is 8.26. The van der Waals surface area contributed by atoms with Crippen LogP contribution in [0.25, 0.3) is 0 Å². The Labute approximate surface area is 101 Å². The van der Waals surface area contributed by atoms with E-state index in [2.05, 4.69) is 0 Å². The van der Waals surface area contributed by atoms with Gasteiger partial charge in [-0.3, -0.25) is 4.79 Å². The maximum Gasteiger partial charge on any atom is 0.236 e. The zero-order chi connectivity index (χ0) is 12.3. The molecular weight excluding hydrogens is 216 g/mol. The Morgan fingerprint density at radius 1 is 1.35 bits per heavy atom. The lowest BCUT2D eigenvalue weighted by atomic mass is 9.90. The predicted octanol–water partition coefficient (Wildman–Crippen LogP) is 0.180. The highest BCUT2D eigenvalue weighted by Crippen LogP contribution is 2.32. The van der Waals surface area contributed by atoms with Gasteiger partial charge in [0.15, 0.2) is 0 Å². The molecule has 0 spiro atoms. The number of nitrogens with two attached hydrogens (primary N) is 1. The highest BCUT2D eigenvalue weighted by atomic mass is 16.3. The van der Waals surface area contributed by atoms with Gasteiger partial charge in [-0.15, -0.1) is 0 Å². The number of rotatable bonds is 3. The van der Waals surface area contributed by atoms with Crippen LogP contribution in [-0.2, 0) is 4.79 Å². The molecular formula is C13H18N2O2. The molecule has 0 saturated carbocycles.